The van der Waals surface area contributed by atoms with E-state index in [2.05, 4.69) is 38.1 Å². The van der Waals surface area contributed by atoms with Gasteiger partial charge in [0.05, 0.1) is 11.3 Å². The summed E-state index contributed by atoms with van der Waals surface area (Å²) in [6, 6.07) is 4.27. The highest BCUT2D eigenvalue weighted by Gasteiger charge is 2.32. The van der Waals surface area contributed by atoms with Crippen molar-refractivity contribution in [3.8, 4) is 0 Å². The maximum absolute atomic E-state index is 12.7. The Balaban J connectivity index is 0.000000513. The number of nitrogens with zero attached hydrogens (tertiary/aromatic N) is 1. The van der Waals surface area contributed by atoms with Gasteiger partial charge in [0.25, 0.3) is 0 Å². The lowest BCUT2D eigenvalue weighted by molar-refractivity contribution is -0.138. The Morgan fingerprint density at radius 2 is 1.58 bits per heavy atom. The molecule has 0 aromatic heterocycles. The third kappa shape index (κ3) is 8.71. The van der Waals surface area contributed by atoms with Crippen LogP contribution in [0.25, 0.3) is 0 Å². The topological polar surface area (TPSA) is 133 Å². The van der Waals surface area contributed by atoms with Crippen molar-refractivity contribution in [2.75, 3.05) is 6.61 Å². The van der Waals surface area contributed by atoms with Crippen molar-refractivity contribution in [2.24, 2.45) is 5.16 Å². The summed E-state index contributed by atoms with van der Waals surface area (Å²) in [4.78, 5) is 37.4. The highest BCUT2D eigenvalue weighted by atomic mass is 16.6. The molecule has 0 bridgehead atoms. The summed E-state index contributed by atoms with van der Waals surface area (Å²) in [5, 5.41) is 30.6. The molecule has 8 nitrogen and oxygen atoms in total. The van der Waals surface area contributed by atoms with E-state index in [1.54, 1.807) is 0 Å². The largest absolute Gasteiger partial charge is 0.511 e. The number of Topliss-reactive ketones (excluding diaryl/α,β-unsaturated/α-hetero) is 1. The zero-order chi connectivity index (χ0) is 25.1. The predicted molar refractivity (Wildman–Crippen MR) is 126 cm³/mol. The van der Waals surface area contributed by atoms with Gasteiger partial charge in [-0.15, -0.1) is 0 Å². The number of benzene rings is 1. The zero-order valence-electron chi connectivity index (χ0n) is 20.1. The molecule has 182 valence electrons. The summed E-state index contributed by atoms with van der Waals surface area (Å²) >= 11 is 0. The molecule has 3 N–H and O–H groups in total. The second-order valence-electron chi connectivity index (χ2n) is 8.11. The van der Waals surface area contributed by atoms with Gasteiger partial charge in [0.1, 0.15) is 12.4 Å². The highest BCUT2D eigenvalue weighted by Crippen LogP contribution is 2.37. The van der Waals surface area contributed by atoms with Gasteiger partial charge < -0.3 is 20.2 Å². The van der Waals surface area contributed by atoms with Gasteiger partial charge >= 0.3 is 11.9 Å². The molecule has 1 aliphatic rings. The number of aryl methyl sites for hydroxylation is 3. The monoisotopic (exact) mass is 461 g/mol. The molecule has 0 fully saturated rings. The van der Waals surface area contributed by atoms with Crippen LogP contribution in [0.3, 0.4) is 0 Å². The first-order chi connectivity index (χ1) is 15.5. The molecule has 1 atom stereocenters. The first-order valence-corrected chi connectivity index (χ1v) is 11.2. The first kappa shape index (κ1) is 27.9. The summed E-state index contributed by atoms with van der Waals surface area (Å²) < 4.78 is 0. The number of aliphatic hydroxyl groups is 1. The molecular formula is C25H35NO7. The second kappa shape index (κ2) is 13.4. The van der Waals surface area contributed by atoms with Crippen molar-refractivity contribution >= 4 is 23.4 Å². The van der Waals surface area contributed by atoms with Crippen LogP contribution in [0.15, 0.2) is 28.6 Å². The fourth-order valence-corrected chi connectivity index (χ4v) is 4.08. The molecule has 2 rings (SSSR count). The molecule has 0 aliphatic heterocycles. The van der Waals surface area contributed by atoms with E-state index in [0.29, 0.717) is 37.2 Å². The van der Waals surface area contributed by atoms with Gasteiger partial charge in [-0.2, -0.15) is 0 Å². The van der Waals surface area contributed by atoms with E-state index in [1.165, 1.54) is 22.3 Å². The zero-order valence-corrected chi connectivity index (χ0v) is 20.1. The highest BCUT2D eigenvalue weighted by molar-refractivity contribution is 6.23. The molecule has 1 aliphatic carbocycles. The summed E-state index contributed by atoms with van der Waals surface area (Å²) in [6.45, 7) is 10.4. The SMILES string of the molecule is CCO/N=C(\CC)C1=C(O)CC(c2c(C)cc(C)cc2C)CC1=O.O=C(O)CCCC(=O)O. The number of oxime groups is 1. The van der Waals surface area contributed by atoms with Crippen molar-refractivity contribution in [2.45, 2.75) is 79.1 Å². The third-order valence-corrected chi connectivity index (χ3v) is 5.29. The fourth-order valence-electron chi connectivity index (χ4n) is 4.08. The Labute approximate surface area is 195 Å². The minimum atomic E-state index is -0.948. The van der Waals surface area contributed by atoms with E-state index in [1.807, 2.05) is 13.8 Å². The van der Waals surface area contributed by atoms with Gasteiger partial charge in [-0.3, -0.25) is 14.4 Å². The molecule has 0 amide bonds. The molecule has 0 saturated carbocycles. The minimum absolute atomic E-state index is 0.0204. The minimum Gasteiger partial charge on any atom is -0.511 e. The fraction of sp³-hybridized carbons (Fsp3) is 0.520. The lowest BCUT2D eigenvalue weighted by atomic mass is 9.78. The van der Waals surface area contributed by atoms with E-state index in [0.717, 1.165) is 0 Å². The lowest BCUT2D eigenvalue weighted by Crippen LogP contribution is -2.24. The number of carboxylic acid groups (broad SMARTS) is 2. The number of aliphatic hydroxyl groups excluding tert-OH is 1. The molecule has 33 heavy (non-hydrogen) atoms. The molecular weight excluding hydrogens is 426 g/mol. The number of carbonyl (C=O) groups is 3. The van der Waals surface area contributed by atoms with Crippen LogP contribution in [0.2, 0.25) is 0 Å². The van der Waals surface area contributed by atoms with Crippen molar-refractivity contribution in [1.29, 1.82) is 0 Å². The van der Waals surface area contributed by atoms with Crippen LogP contribution >= 0.6 is 0 Å². The van der Waals surface area contributed by atoms with Gasteiger partial charge in [-0.05, 0) is 63.1 Å². The Morgan fingerprint density at radius 1 is 1.03 bits per heavy atom. The van der Waals surface area contributed by atoms with Gasteiger partial charge in [0.2, 0.25) is 0 Å². The number of rotatable bonds is 9. The summed E-state index contributed by atoms with van der Waals surface area (Å²) in [7, 11) is 0. The van der Waals surface area contributed by atoms with E-state index in [9.17, 15) is 19.5 Å². The molecule has 8 heteroatoms. The van der Waals surface area contributed by atoms with Crippen molar-refractivity contribution < 1.29 is 34.5 Å². The molecule has 0 radical (unpaired) electrons. The maximum Gasteiger partial charge on any atom is 0.303 e. The van der Waals surface area contributed by atoms with E-state index in [-0.39, 0.29) is 36.7 Å². The standard InChI is InChI=1S/C20H27NO3.C5H8O4/c1-6-16(21-24-7-2)20-17(22)10-15(11-18(20)23)19-13(4)8-12(3)9-14(19)5;6-4(7)2-1-3-5(8)9/h8-9,15,22H,6-7,10-11H2,1-5H3;1-3H2,(H,6,7)(H,8,9)/b21-16+;. The van der Waals surface area contributed by atoms with Crippen LogP contribution in [-0.4, -0.2) is 45.4 Å². The van der Waals surface area contributed by atoms with Crippen molar-refractivity contribution in [3.63, 3.8) is 0 Å². The normalized spacial score (nSPS) is 16.2. The molecule has 1 unspecified atom stereocenters. The lowest BCUT2D eigenvalue weighted by Gasteiger charge is -2.27. The van der Waals surface area contributed by atoms with Crippen LogP contribution in [0.4, 0.5) is 0 Å². The van der Waals surface area contributed by atoms with Crippen LogP contribution < -0.4 is 0 Å². The molecule has 0 spiro atoms. The molecule has 0 saturated heterocycles. The van der Waals surface area contributed by atoms with Crippen LogP contribution in [0.5, 0.6) is 0 Å². The van der Waals surface area contributed by atoms with E-state index < -0.39 is 11.9 Å². The second-order valence-corrected chi connectivity index (χ2v) is 8.11. The van der Waals surface area contributed by atoms with Gasteiger partial charge in [0.15, 0.2) is 5.78 Å². The number of hydrogen-bond donors (Lipinski definition) is 3. The average molecular weight is 462 g/mol. The molecule has 0 heterocycles. The Morgan fingerprint density at radius 3 is 2.00 bits per heavy atom. The van der Waals surface area contributed by atoms with Crippen molar-refractivity contribution in [3.05, 3.63) is 45.7 Å². The Kier molecular flexibility index (Phi) is 11.3. The van der Waals surface area contributed by atoms with E-state index in [4.69, 9.17) is 15.1 Å². The summed E-state index contributed by atoms with van der Waals surface area (Å²) in [5.74, 6) is -1.79. The number of carboxylic acids is 2. The number of hydrogen-bond acceptors (Lipinski definition) is 6. The number of allylic oxidation sites excluding steroid dienone is 2. The van der Waals surface area contributed by atoms with Crippen LogP contribution in [-0.2, 0) is 19.2 Å². The van der Waals surface area contributed by atoms with Gasteiger partial charge in [0, 0.05) is 25.7 Å². The predicted octanol–water partition coefficient (Wildman–Crippen LogP) is 5.00. The van der Waals surface area contributed by atoms with E-state index >= 15 is 0 Å². The van der Waals surface area contributed by atoms with Gasteiger partial charge in [-0.25, -0.2) is 0 Å². The van der Waals surface area contributed by atoms with Gasteiger partial charge in [-0.1, -0.05) is 29.8 Å². The Bertz CT molecular complexity index is 894. The molecule has 1 aromatic rings. The number of ketones is 1. The average Bonchev–Trinajstić information content (AvgIpc) is 2.69. The number of carbonyl (C=O) groups excluding carboxylic acids is 1. The first-order valence-electron chi connectivity index (χ1n) is 11.2. The third-order valence-electron chi connectivity index (χ3n) is 5.29. The molecule has 1 aromatic carbocycles. The quantitative estimate of drug-likeness (QED) is 0.348. The smallest absolute Gasteiger partial charge is 0.303 e. The van der Waals surface area contributed by atoms with Crippen molar-refractivity contribution in [1.82, 2.24) is 0 Å². The number of aliphatic carboxylic acids is 2. The summed E-state index contributed by atoms with van der Waals surface area (Å²) in [5.41, 5.74) is 5.65. The maximum atomic E-state index is 12.7. The van der Waals surface area contributed by atoms with Crippen LogP contribution in [0, 0.1) is 20.8 Å². The summed E-state index contributed by atoms with van der Waals surface area (Å²) in [6.07, 6.45) is 1.51. The van der Waals surface area contributed by atoms with Crippen LogP contribution in [0.1, 0.15) is 80.5 Å². The Hall–Kier alpha value is -3.16.